The highest BCUT2D eigenvalue weighted by Crippen LogP contribution is 2.41. The minimum absolute atomic E-state index is 0.0666. The monoisotopic (exact) mass is 265 g/mol. The number of thioether (sulfide) groups is 1. The van der Waals surface area contributed by atoms with E-state index in [0.717, 1.165) is 18.6 Å². The van der Waals surface area contributed by atoms with Crippen molar-refractivity contribution in [2.45, 2.75) is 49.1 Å². The molecule has 0 radical (unpaired) electrons. The number of fused-ring (bicyclic) bond motifs is 1. The van der Waals surface area contributed by atoms with E-state index < -0.39 is 0 Å². The van der Waals surface area contributed by atoms with E-state index in [0.29, 0.717) is 5.92 Å². The molecule has 1 aliphatic heterocycles. The Morgan fingerprint density at radius 3 is 2.89 bits per heavy atom. The third kappa shape index (κ3) is 3.08. The molecule has 1 aromatic carbocycles. The first-order valence-electron chi connectivity index (χ1n) is 6.56. The van der Waals surface area contributed by atoms with E-state index >= 15 is 0 Å². The molecule has 2 nitrogen and oxygen atoms in total. The summed E-state index contributed by atoms with van der Waals surface area (Å²) < 4.78 is 5.46. The standard InChI is InChI=1S/C15H23NOS/c1-15(2,17-3)9-8-13(16)12-10-18-14-7-5-4-6-11(12)14/h4-7,12-13H,8-10,16H2,1-3H3. The number of methoxy groups -OCH3 is 1. The Kier molecular flexibility index (Phi) is 4.36. The first kappa shape index (κ1) is 13.9. The molecule has 100 valence electrons. The molecule has 1 aliphatic rings. The van der Waals surface area contributed by atoms with Crippen molar-refractivity contribution in [2.75, 3.05) is 12.9 Å². The fraction of sp³-hybridized carbons (Fsp3) is 0.600. The van der Waals surface area contributed by atoms with Gasteiger partial charge in [-0.3, -0.25) is 0 Å². The van der Waals surface area contributed by atoms with Crippen molar-refractivity contribution in [2.24, 2.45) is 5.73 Å². The average molecular weight is 265 g/mol. The lowest BCUT2D eigenvalue weighted by atomic mass is 9.88. The molecule has 0 amide bonds. The Balaban J connectivity index is 1.97. The van der Waals surface area contributed by atoms with Crippen molar-refractivity contribution in [3.63, 3.8) is 0 Å². The summed E-state index contributed by atoms with van der Waals surface area (Å²) in [5.74, 6) is 1.62. The smallest absolute Gasteiger partial charge is 0.0623 e. The largest absolute Gasteiger partial charge is 0.379 e. The topological polar surface area (TPSA) is 35.2 Å². The zero-order chi connectivity index (χ0) is 13.2. The summed E-state index contributed by atoms with van der Waals surface area (Å²) >= 11 is 1.93. The zero-order valence-electron chi connectivity index (χ0n) is 11.5. The van der Waals surface area contributed by atoms with Gasteiger partial charge in [-0.15, -0.1) is 11.8 Å². The molecule has 0 spiro atoms. The van der Waals surface area contributed by atoms with Crippen LogP contribution in [0.15, 0.2) is 29.2 Å². The highest BCUT2D eigenvalue weighted by atomic mass is 32.2. The molecule has 18 heavy (non-hydrogen) atoms. The molecular weight excluding hydrogens is 242 g/mol. The second-order valence-corrected chi connectivity index (χ2v) is 6.68. The van der Waals surface area contributed by atoms with Crippen LogP contribution >= 0.6 is 11.8 Å². The number of hydrogen-bond donors (Lipinski definition) is 1. The Morgan fingerprint density at radius 1 is 1.44 bits per heavy atom. The third-order valence-corrected chi connectivity index (χ3v) is 5.09. The second-order valence-electron chi connectivity index (χ2n) is 5.62. The van der Waals surface area contributed by atoms with Crippen LogP contribution in [0.25, 0.3) is 0 Å². The van der Waals surface area contributed by atoms with Gasteiger partial charge in [-0.2, -0.15) is 0 Å². The van der Waals surface area contributed by atoms with Gasteiger partial charge in [0.25, 0.3) is 0 Å². The van der Waals surface area contributed by atoms with Crippen molar-refractivity contribution in [1.82, 2.24) is 0 Å². The van der Waals surface area contributed by atoms with Crippen LogP contribution in [-0.4, -0.2) is 24.5 Å². The molecule has 0 saturated heterocycles. The zero-order valence-corrected chi connectivity index (χ0v) is 12.3. The van der Waals surface area contributed by atoms with Crippen LogP contribution in [0.2, 0.25) is 0 Å². The quantitative estimate of drug-likeness (QED) is 0.886. The van der Waals surface area contributed by atoms with Gasteiger partial charge in [-0.1, -0.05) is 18.2 Å². The summed E-state index contributed by atoms with van der Waals surface area (Å²) in [6.07, 6.45) is 2.02. The maximum absolute atomic E-state index is 6.39. The van der Waals surface area contributed by atoms with E-state index in [1.54, 1.807) is 7.11 Å². The number of rotatable bonds is 5. The van der Waals surface area contributed by atoms with E-state index in [1.165, 1.54) is 10.5 Å². The average Bonchev–Trinajstić information content (AvgIpc) is 2.80. The highest BCUT2D eigenvalue weighted by molar-refractivity contribution is 7.99. The lowest BCUT2D eigenvalue weighted by Gasteiger charge is -2.26. The van der Waals surface area contributed by atoms with Gasteiger partial charge < -0.3 is 10.5 Å². The first-order chi connectivity index (χ1) is 8.53. The maximum atomic E-state index is 6.39. The van der Waals surface area contributed by atoms with Crippen LogP contribution in [-0.2, 0) is 4.74 Å². The highest BCUT2D eigenvalue weighted by Gasteiger charge is 2.29. The van der Waals surface area contributed by atoms with Crippen molar-refractivity contribution in [1.29, 1.82) is 0 Å². The summed E-state index contributed by atoms with van der Waals surface area (Å²) in [7, 11) is 1.77. The van der Waals surface area contributed by atoms with Gasteiger partial charge in [-0.05, 0) is 38.3 Å². The Morgan fingerprint density at radius 2 is 2.17 bits per heavy atom. The molecular formula is C15H23NOS. The van der Waals surface area contributed by atoms with Crippen LogP contribution in [0, 0.1) is 0 Å². The lowest BCUT2D eigenvalue weighted by Crippen LogP contribution is -2.32. The maximum Gasteiger partial charge on any atom is 0.0623 e. The van der Waals surface area contributed by atoms with Gasteiger partial charge in [0.15, 0.2) is 0 Å². The van der Waals surface area contributed by atoms with Crippen LogP contribution in [0.1, 0.15) is 38.2 Å². The first-order valence-corrected chi connectivity index (χ1v) is 7.54. The predicted octanol–water partition coefficient (Wildman–Crippen LogP) is 3.41. The molecule has 0 bridgehead atoms. The minimum atomic E-state index is -0.0666. The van der Waals surface area contributed by atoms with Gasteiger partial charge >= 0.3 is 0 Å². The van der Waals surface area contributed by atoms with E-state index in [9.17, 15) is 0 Å². The van der Waals surface area contributed by atoms with Crippen molar-refractivity contribution in [3.8, 4) is 0 Å². The molecule has 0 aliphatic carbocycles. The molecule has 0 saturated carbocycles. The van der Waals surface area contributed by atoms with Crippen molar-refractivity contribution in [3.05, 3.63) is 29.8 Å². The Bertz CT molecular complexity index is 405. The lowest BCUT2D eigenvalue weighted by molar-refractivity contribution is 0.0121. The summed E-state index contributed by atoms with van der Waals surface area (Å²) in [4.78, 5) is 1.41. The van der Waals surface area contributed by atoms with Crippen molar-refractivity contribution >= 4 is 11.8 Å². The number of benzene rings is 1. The van der Waals surface area contributed by atoms with Gasteiger partial charge in [0.05, 0.1) is 5.60 Å². The SMILES string of the molecule is COC(C)(C)CCC(N)C1CSc2ccccc21. The Labute approximate surface area is 114 Å². The molecule has 1 aromatic rings. The van der Waals surface area contributed by atoms with Crippen molar-refractivity contribution < 1.29 is 4.74 Å². The summed E-state index contributed by atoms with van der Waals surface area (Å²) in [5.41, 5.74) is 7.76. The molecule has 0 fully saturated rings. The van der Waals surface area contributed by atoms with Gasteiger partial charge in [0.2, 0.25) is 0 Å². The molecule has 0 aromatic heterocycles. The Hall–Kier alpha value is -0.510. The molecule has 1 heterocycles. The van der Waals surface area contributed by atoms with E-state index in [1.807, 2.05) is 11.8 Å². The second kappa shape index (κ2) is 5.64. The fourth-order valence-corrected chi connectivity index (χ4v) is 3.71. The summed E-state index contributed by atoms with van der Waals surface area (Å²) in [5, 5.41) is 0. The van der Waals surface area contributed by atoms with Gasteiger partial charge in [0, 0.05) is 29.7 Å². The molecule has 2 N–H and O–H groups in total. The van der Waals surface area contributed by atoms with E-state index in [4.69, 9.17) is 10.5 Å². The van der Waals surface area contributed by atoms with Crippen LogP contribution in [0.5, 0.6) is 0 Å². The fourth-order valence-electron chi connectivity index (χ4n) is 2.36. The number of hydrogen-bond acceptors (Lipinski definition) is 3. The van der Waals surface area contributed by atoms with E-state index in [-0.39, 0.29) is 11.6 Å². The molecule has 2 rings (SSSR count). The van der Waals surface area contributed by atoms with Crippen LogP contribution < -0.4 is 5.73 Å². The summed E-state index contributed by atoms with van der Waals surface area (Å²) in [6, 6.07) is 8.88. The number of nitrogens with two attached hydrogens (primary N) is 1. The van der Waals surface area contributed by atoms with E-state index in [2.05, 4.69) is 38.1 Å². The van der Waals surface area contributed by atoms with Gasteiger partial charge in [0.1, 0.15) is 0 Å². The third-order valence-electron chi connectivity index (χ3n) is 3.89. The van der Waals surface area contributed by atoms with Crippen LogP contribution in [0.4, 0.5) is 0 Å². The van der Waals surface area contributed by atoms with Gasteiger partial charge in [-0.25, -0.2) is 0 Å². The summed E-state index contributed by atoms with van der Waals surface area (Å²) in [6.45, 7) is 4.24. The molecule has 3 heteroatoms. The predicted molar refractivity (Wildman–Crippen MR) is 78.2 cm³/mol. The molecule has 2 atom stereocenters. The molecule has 2 unspecified atom stereocenters. The minimum Gasteiger partial charge on any atom is -0.379 e. The van der Waals surface area contributed by atoms with Crippen LogP contribution in [0.3, 0.4) is 0 Å². The number of ether oxygens (including phenoxy) is 1. The normalized spacial score (nSPS) is 20.8.